The second-order valence-corrected chi connectivity index (χ2v) is 3.28. The third-order valence-electron chi connectivity index (χ3n) is 1.79. The molecule has 0 bridgehead atoms. The maximum absolute atomic E-state index is 9.60. The molecule has 1 aromatic rings. The maximum Gasteiger partial charge on any atom is 0.303 e. The summed E-state index contributed by atoms with van der Waals surface area (Å²) >= 11 is 0. The van der Waals surface area contributed by atoms with Crippen LogP contribution in [0.25, 0.3) is 0 Å². The minimum Gasteiger partial charge on any atom is -0.481 e. The molecule has 0 unspecified atom stereocenters. The fourth-order valence-electron chi connectivity index (χ4n) is 0.993. The molecule has 4 nitrogen and oxygen atoms in total. The van der Waals surface area contributed by atoms with Crippen LogP contribution in [-0.4, -0.2) is 21.0 Å². The summed E-state index contributed by atoms with van der Waals surface area (Å²) in [6.07, 6.45) is 8.24. The molecule has 0 aliphatic rings. The van der Waals surface area contributed by atoms with Gasteiger partial charge in [-0.05, 0) is 12.8 Å². The van der Waals surface area contributed by atoms with Crippen LogP contribution >= 0.6 is 0 Å². The summed E-state index contributed by atoms with van der Waals surface area (Å²) in [5.41, 5.74) is 0. The fourth-order valence-corrected chi connectivity index (χ4v) is 0.993. The van der Waals surface area contributed by atoms with E-state index in [1.165, 1.54) is 12.8 Å². The number of hydrogen-bond donors (Lipinski definition) is 2. The van der Waals surface area contributed by atoms with Gasteiger partial charge in [-0.2, -0.15) is 0 Å². The van der Waals surface area contributed by atoms with Crippen molar-refractivity contribution in [2.75, 3.05) is 0 Å². The van der Waals surface area contributed by atoms with Crippen molar-refractivity contribution in [3.8, 4) is 0 Å². The number of rotatable bonds is 5. The summed E-state index contributed by atoms with van der Waals surface area (Å²) in [6.45, 7) is 4.02. The number of carboxylic acids is 1. The molecular weight excluding hydrogens is 192 g/mol. The van der Waals surface area contributed by atoms with E-state index in [9.17, 15) is 4.79 Å². The third-order valence-corrected chi connectivity index (χ3v) is 1.79. The lowest BCUT2D eigenvalue weighted by Crippen LogP contribution is -1.90. The van der Waals surface area contributed by atoms with Gasteiger partial charge in [0.2, 0.25) is 0 Å². The molecular formula is C11H20N2O2. The third kappa shape index (κ3) is 9.00. The number of carbonyl (C=O) groups is 1. The Morgan fingerprint density at radius 2 is 2.20 bits per heavy atom. The highest BCUT2D eigenvalue weighted by Crippen LogP contribution is 1.96. The molecule has 86 valence electrons. The van der Waals surface area contributed by atoms with Crippen molar-refractivity contribution in [3.63, 3.8) is 0 Å². The van der Waals surface area contributed by atoms with Crippen LogP contribution in [0, 0.1) is 0 Å². The van der Waals surface area contributed by atoms with Gasteiger partial charge in [0.05, 0.1) is 0 Å². The summed E-state index contributed by atoms with van der Waals surface area (Å²) in [4.78, 5) is 16.8. The Bertz CT molecular complexity index is 245. The molecule has 2 N–H and O–H groups in total. The lowest BCUT2D eigenvalue weighted by molar-refractivity contribution is -0.137. The van der Waals surface area contributed by atoms with Crippen molar-refractivity contribution < 1.29 is 9.90 Å². The predicted octanol–water partition coefficient (Wildman–Crippen LogP) is 2.62. The summed E-state index contributed by atoms with van der Waals surface area (Å²) in [5, 5.41) is 7.91. The van der Waals surface area contributed by atoms with Gasteiger partial charge in [-0.25, -0.2) is 4.98 Å². The zero-order valence-electron chi connectivity index (χ0n) is 9.49. The Kier molecular flexibility index (Phi) is 8.43. The second-order valence-electron chi connectivity index (χ2n) is 3.28. The highest BCUT2D eigenvalue weighted by atomic mass is 16.4. The number of nitrogens with zero attached hydrogens (tertiary/aromatic N) is 1. The van der Waals surface area contributed by atoms with Crippen molar-refractivity contribution in [3.05, 3.63) is 18.2 Å². The van der Waals surface area contributed by atoms with Crippen molar-refractivity contribution in [2.45, 2.75) is 46.0 Å². The minimum absolute atomic E-state index is 0.292. The van der Waals surface area contributed by atoms with Crippen LogP contribution < -0.4 is 0 Å². The average Bonchev–Trinajstić information content (AvgIpc) is 2.68. The molecule has 1 heterocycles. The van der Waals surface area contributed by atoms with Gasteiger partial charge in [-0.1, -0.05) is 20.3 Å². The smallest absolute Gasteiger partial charge is 0.303 e. The van der Waals surface area contributed by atoms with Crippen molar-refractivity contribution in [1.29, 1.82) is 0 Å². The Balaban J connectivity index is 0.000000288. The molecule has 0 spiro atoms. The van der Waals surface area contributed by atoms with E-state index < -0.39 is 5.97 Å². The lowest BCUT2D eigenvalue weighted by atomic mass is 10.2. The molecule has 15 heavy (non-hydrogen) atoms. The molecule has 0 amide bonds. The van der Waals surface area contributed by atoms with Gasteiger partial charge in [0.1, 0.15) is 5.82 Å². The standard InChI is InChI=1S/C7H12N2.C4H8O2/c1-2-3-4-7-8-5-6-9-7;1-2-3-4(5)6/h5-6H,2-4H2,1H3,(H,8,9);2-3H2,1H3,(H,5,6). The van der Waals surface area contributed by atoms with Gasteiger partial charge in [0.25, 0.3) is 0 Å². The number of aromatic nitrogens is 2. The van der Waals surface area contributed by atoms with Crippen molar-refractivity contribution >= 4 is 5.97 Å². The summed E-state index contributed by atoms with van der Waals surface area (Å²) < 4.78 is 0. The first-order valence-electron chi connectivity index (χ1n) is 5.40. The van der Waals surface area contributed by atoms with E-state index >= 15 is 0 Å². The van der Waals surface area contributed by atoms with Gasteiger partial charge in [0, 0.05) is 25.2 Å². The fraction of sp³-hybridized carbons (Fsp3) is 0.636. The van der Waals surface area contributed by atoms with Crippen LogP contribution in [0.4, 0.5) is 0 Å². The molecule has 1 rings (SSSR count). The summed E-state index contributed by atoms with van der Waals surface area (Å²) in [5.74, 6) is 0.398. The molecule has 0 fully saturated rings. The molecule has 1 aromatic heterocycles. The van der Waals surface area contributed by atoms with Gasteiger partial charge in [0.15, 0.2) is 0 Å². The van der Waals surface area contributed by atoms with E-state index in [-0.39, 0.29) is 0 Å². The maximum atomic E-state index is 9.60. The number of hydrogen-bond acceptors (Lipinski definition) is 2. The zero-order valence-corrected chi connectivity index (χ0v) is 9.49. The monoisotopic (exact) mass is 212 g/mol. The van der Waals surface area contributed by atoms with E-state index in [2.05, 4.69) is 16.9 Å². The Labute approximate surface area is 90.7 Å². The lowest BCUT2D eigenvalue weighted by Gasteiger charge is -1.90. The SMILES string of the molecule is CCCC(=O)O.CCCCc1ncc[nH]1. The highest BCUT2D eigenvalue weighted by Gasteiger charge is 1.90. The van der Waals surface area contributed by atoms with Crippen LogP contribution in [0.3, 0.4) is 0 Å². The first-order chi connectivity index (χ1) is 7.20. The van der Waals surface area contributed by atoms with E-state index in [0.717, 1.165) is 18.7 Å². The number of nitrogens with one attached hydrogen (secondary N) is 1. The van der Waals surface area contributed by atoms with Gasteiger partial charge in [-0.3, -0.25) is 4.79 Å². The van der Waals surface area contributed by atoms with Crippen molar-refractivity contribution in [1.82, 2.24) is 9.97 Å². The molecule has 0 saturated carbocycles. The quantitative estimate of drug-likeness (QED) is 0.788. The number of aryl methyl sites for hydroxylation is 1. The van der Waals surface area contributed by atoms with Gasteiger partial charge in [-0.15, -0.1) is 0 Å². The molecule has 0 atom stereocenters. The van der Waals surface area contributed by atoms with Crippen LogP contribution in [-0.2, 0) is 11.2 Å². The highest BCUT2D eigenvalue weighted by molar-refractivity contribution is 5.66. The molecule has 0 aliphatic heterocycles. The molecule has 0 saturated heterocycles. The average molecular weight is 212 g/mol. The Morgan fingerprint density at radius 3 is 2.53 bits per heavy atom. The summed E-state index contributed by atoms with van der Waals surface area (Å²) in [7, 11) is 0. The Morgan fingerprint density at radius 1 is 1.47 bits per heavy atom. The molecule has 4 heteroatoms. The predicted molar refractivity (Wildman–Crippen MR) is 59.7 cm³/mol. The Hall–Kier alpha value is -1.32. The zero-order chi connectivity index (χ0) is 11.5. The van der Waals surface area contributed by atoms with E-state index in [1.807, 2.05) is 13.1 Å². The number of H-pyrrole nitrogens is 1. The van der Waals surface area contributed by atoms with Crippen LogP contribution in [0.1, 0.15) is 45.4 Å². The molecule has 0 radical (unpaired) electrons. The van der Waals surface area contributed by atoms with Gasteiger partial charge >= 0.3 is 5.97 Å². The van der Waals surface area contributed by atoms with E-state index in [0.29, 0.717) is 6.42 Å². The number of aliphatic carboxylic acids is 1. The summed E-state index contributed by atoms with van der Waals surface area (Å²) in [6, 6.07) is 0. The van der Waals surface area contributed by atoms with Crippen LogP contribution in [0.15, 0.2) is 12.4 Å². The van der Waals surface area contributed by atoms with Crippen LogP contribution in [0.2, 0.25) is 0 Å². The molecule has 0 aliphatic carbocycles. The second kappa shape index (κ2) is 9.24. The van der Waals surface area contributed by atoms with Crippen molar-refractivity contribution in [2.24, 2.45) is 0 Å². The first-order valence-corrected chi connectivity index (χ1v) is 5.40. The largest absolute Gasteiger partial charge is 0.481 e. The number of unbranched alkanes of at least 4 members (excludes halogenated alkanes) is 1. The number of aromatic amines is 1. The normalized spacial score (nSPS) is 9.20. The minimum atomic E-state index is -0.711. The first kappa shape index (κ1) is 13.7. The van der Waals surface area contributed by atoms with Crippen LogP contribution in [0.5, 0.6) is 0 Å². The number of carboxylic acid groups (broad SMARTS) is 1. The number of imidazole rings is 1. The van der Waals surface area contributed by atoms with E-state index in [4.69, 9.17) is 5.11 Å². The topological polar surface area (TPSA) is 66.0 Å². The van der Waals surface area contributed by atoms with E-state index in [1.54, 1.807) is 6.20 Å². The van der Waals surface area contributed by atoms with Gasteiger partial charge < -0.3 is 10.1 Å². The molecule has 0 aromatic carbocycles.